The zero-order valence-electron chi connectivity index (χ0n) is 15.1. The molecule has 0 unspecified atom stereocenters. The first kappa shape index (κ1) is 19.8. The van der Waals surface area contributed by atoms with E-state index in [2.05, 4.69) is 40.0 Å². The van der Waals surface area contributed by atoms with Crippen molar-refractivity contribution in [2.75, 3.05) is 38.2 Å². The normalized spacial score (nSPS) is 11.2. The van der Waals surface area contributed by atoms with Gasteiger partial charge < -0.3 is 21.1 Å². The fourth-order valence-electron chi connectivity index (χ4n) is 2.72. The molecule has 4 nitrogen and oxygen atoms in total. The lowest BCUT2D eigenvalue weighted by molar-refractivity contribution is 0.0994. The molecule has 0 spiro atoms. The van der Waals surface area contributed by atoms with Crippen LogP contribution in [0.25, 0.3) is 0 Å². The number of anilines is 2. The van der Waals surface area contributed by atoms with Crippen molar-refractivity contribution in [2.45, 2.75) is 26.4 Å². The summed E-state index contributed by atoms with van der Waals surface area (Å²) in [6.07, 6.45) is 2.04. The van der Waals surface area contributed by atoms with Crippen LogP contribution in [0.2, 0.25) is 0 Å². The second kappa shape index (κ2) is 9.80. The van der Waals surface area contributed by atoms with Crippen LogP contribution in [0.15, 0.2) is 40.9 Å². The van der Waals surface area contributed by atoms with Crippen molar-refractivity contribution in [2.24, 2.45) is 0 Å². The molecule has 0 heterocycles. The highest BCUT2D eigenvalue weighted by Crippen LogP contribution is 2.31. The van der Waals surface area contributed by atoms with Gasteiger partial charge in [0.15, 0.2) is 0 Å². The molecule has 0 aliphatic heterocycles. The molecule has 0 atom stereocenters. The number of likely N-dealkylation sites (N-methyl/N-ethyl adjacent to an activating group) is 1. The molecule has 136 valence electrons. The zero-order valence-corrected chi connectivity index (χ0v) is 16.7. The van der Waals surface area contributed by atoms with E-state index in [-0.39, 0.29) is 0 Å². The fourth-order valence-corrected chi connectivity index (χ4v) is 3.25. The standard InChI is InChI=1S/C20H28BrN3O/c1-15-19(21)17(13-18(22)20(15)23)9-6-10-24(2)11-12-25-14-16-7-4-3-5-8-16/h3-5,7-8,13H,6,9-12,14,22-23H2,1-2H3. The molecule has 2 rings (SSSR count). The Kier molecular flexibility index (Phi) is 7.75. The summed E-state index contributed by atoms with van der Waals surface area (Å²) in [5.41, 5.74) is 16.7. The molecule has 2 aromatic rings. The topological polar surface area (TPSA) is 64.5 Å². The van der Waals surface area contributed by atoms with E-state index >= 15 is 0 Å². The number of nitrogens with two attached hydrogens (primary N) is 2. The molecular weight excluding hydrogens is 378 g/mol. The lowest BCUT2D eigenvalue weighted by atomic mass is 10.0. The van der Waals surface area contributed by atoms with Crippen LogP contribution in [-0.4, -0.2) is 31.6 Å². The molecule has 0 aliphatic rings. The quantitative estimate of drug-likeness (QED) is 0.488. The maximum absolute atomic E-state index is 5.98. The largest absolute Gasteiger partial charge is 0.397 e. The molecular formula is C20H28BrN3O. The molecule has 0 saturated carbocycles. The van der Waals surface area contributed by atoms with E-state index in [0.717, 1.165) is 42.6 Å². The first-order chi connectivity index (χ1) is 12.0. The van der Waals surface area contributed by atoms with Gasteiger partial charge in [-0.1, -0.05) is 46.3 Å². The summed E-state index contributed by atoms with van der Waals surface area (Å²) in [6, 6.07) is 12.2. The highest BCUT2D eigenvalue weighted by molar-refractivity contribution is 9.10. The van der Waals surface area contributed by atoms with Crippen molar-refractivity contribution in [1.29, 1.82) is 0 Å². The van der Waals surface area contributed by atoms with Gasteiger partial charge in [0.05, 0.1) is 24.6 Å². The second-order valence-corrected chi connectivity index (χ2v) is 7.22. The molecule has 2 aromatic carbocycles. The Morgan fingerprint density at radius 3 is 2.56 bits per heavy atom. The third-order valence-corrected chi connectivity index (χ3v) is 5.47. The molecule has 0 saturated heterocycles. The summed E-state index contributed by atoms with van der Waals surface area (Å²) in [6.45, 7) is 5.35. The smallest absolute Gasteiger partial charge is 0.0717 e. The summed E-state index contributed by atoms with van der Waals surface area (Å²) in [5.74, 6) is 0. The van der Waals surface area contributed by atoms with Crippen molar-refractivity contribution in [3.05, 3.63) is 57.6 Å². The van der Waals surface area contributed by atoms with Gasteiger partial charge in [0.1, 0.15) is 0 Å². The molecule has 0 aromatic heterocycles. The number of halogens is 1. The minimum atomic E-state index is 0.665. The third-order valence-electron chi connectivity index (χ3n) is 4.37. The van der Waals surface area contributed by atoms with Gasteiger partial charge >= 0.3 is 0 Å². The number of hydrogen-bond donors (Lipinski definition) is 2. The van der Waals surface area contributed by atoms with Crippen molar-refractivity contribution >= 4 is 27.3 Å². The van der Waals surface area contributed by atoms with Crippen LogP contribution in [0.1, 0.15) is 23.1 Å². The third kappa shape index (κ3) is 6.03. The Morgan fingerprint density at radius 1 is 1.12 bits per heavy atom. The highest BCUT2D eigenvalue weighted by atomic mass is 79.9. The molecule has 0 radical (unpaired) electrons. The molecule has 0 aliphatic carbocycles. The molecule has 5 heteroatoms. The number of rotatable bonds is 9. The Morgan fingerprint density at radius 2 is 1.84 bits per heavy atom. The Balaban J connectivity index is 1.68. The number of nitrogens with zero attached hydrogens (tertiary/aromatic N) is 1. The van der Waals surface area contributed by atoms with Gasteiger partial charge in [-0.2, -0.15) is 0 Å². The average Bonchev–Trinajstić information content (AvgIpc) is 2.62. The van der Waals surface area contributed by atoms with Gasteiger partial charge in [-0.05, 0) is 56.1 Å². The maximum atomic E-state index is 5.98. The Bertz CT molecular complexity index is 676. The first-order valence-electron chi connectivity index (χ1n) is 8.62. The lowest BCUT2D eigenvalue weighted by Gasteiger charge is -2.17. The molecule has 0 bridgehead atoms. The Labute approximate surface area is 159 Å². The van der Waals surface area contributed by atoms with Gasteiger partial charge in [-0.25, -0.2) is 0 Å². The SMILES string of the molecule is Cc1c(N)c(N)cc(CCCN(C)CCOCc2ccccc2)c1Br. The minimum absolute atomic E-state index is 0.665. The number of aryl methyl sites for hydroxylation is 1. The predicted molar refractivity (Wildman–Crippen MR) is 110 cm³/mol. The fraction of sp³-hybridized carbons (Fsp3) is 0.400. The van der Waals surface area contributed by atoms with Crippen LogP contribution in [0.4, 0.5) is 11.4 Å². The Hall–Kier alpha value is -1.56. The summed E-state index contributed by atoms with van der Waals surface area (Å²) in [4.78, 5) is 2.30. The van der Waals surface area contributed by atoms with E-state index < -0.39 is 0 Å². The van der Waals surface area contributed by atoms with Crippen LogP contribution in [0.3, 0.4) is 0 Å². The van der Waals surface area contributed by atoms with Gasteiger partial charge in [0, 0.05) is 11.0 Å². The van der Waals surface area contributed by atoms with Gasteiger partial charge in [-0.15, -0.1) is 0 Å². The maximum Gasteiger partial charge on any atom is 0.0717 e. The zero-order chi connectivity index (χ0) is 18.2. The van der Waals surface area contributed by atoms with Crippen molar-refractivity contribution < 1.29 is 4.74 Å². The summed E-state index contributed by atoms with van der Waals surface area (Å²) >= 11 is 3.64. The molecule has 25 heavy (non-hydrogen) atoms. The lowest BCUT2D eigenvalue weighted by Crippen LogP contribution is -2.24. The molecule has 0 amide bonds. The first-order valence-corrected chi connectivity index (χ1v) is 9.41. The van der Waals surface area contributed by atoms with E-state index in [1.807, 2.05) is 31.2 Å². The van der Waals surface area contributed by atoms with Gasteiger partial charge in [-0.3, -0.25) is 0 Å². The van der Waals surface area contributed by atoms with Crippen molar-refractivity contribution in [1.82, 2.24) is 4.90 Å². The van der Waals surface area contributed by atoms with Crippen LogP contribution in [0, 0.1) is 6.92 Å². The average molecular weight is 406 g/mol. The van der Waals surface area contributed by atoms with Gasteiger partial charge in [0.25, 0.3) is 0 Å². The van der Waals surface area contributed by atoms with E-state index in [1.54, 1.807) is 0 Å². The van der Waals surface area contributed by atoms with E-state index in [4.69, 9.17) is 16.2 Å². The summed E-state index contributed by atoms with van der Waals surface area (Å²) < 4.78 is 6.82. The van der Waals surface area contributed by atoms with Crippen LogP contribution >= 0.6 is 15.9 Å². The highest BCUT2D eigenvalue weighted by Gasteiger charge is 2.10. The minimum Gasteiger partial charge on any atom is -0.397 e. The molecule has 4 N–H and O–H groups in total. The van der Waals surface area contributed by atoms with Crippen molar-refractivity contribution in [3.8, 4) is 0 Å². The molecule has 0 fully saturated rings. The summed E-state index contributed by atoms with van der Waals surface area (Å²) in [5, 5.41) is 0. The number of hydrogen-bond acceptors (Lipinski definition) is 4. The van der Waals surface area contributed by atoms with Crippen LogP contribution < -0.4 is 11.5 Å². The van der Waals surface area contributed by atoms with Gasteiger partial charge in [0.2, 0.25) is 0 Å². The second-order valence-electron chi connectivity index (χ2n) is 6.42. The van der Waals surface area contributed by atoms with E-state index in [9.17, 15) is 0 Å². The number of ether oxygens (including phenoxy) is 1. The number of nitrogen functional groups attached to an aromatic ring is 2. The van der Waals surface area contributed by atoms with Crippen LogP contribution in [0.5, 0.6) is 0 Å². The van der Waals surface area contributed by atoms with E-state index in [0.29, 0.717) is 18.0 Å². The monoisotopic (exact) mass is 405 g/mol. The number of benzene rings is 2. The summed E-state index contributed by atoms with van der Waals surface area (Å²) in [7, 11) is 2.13. The van der Waals surface area contributed by atoms with Crippen LogP contribution in [-0.2, 0) is 17.8 Å². The van der Waals surface area contributed by atoms with E-state index in [1.165, 1.54) is 11.1 Å². The predicted octanol–water partition coefficient (Wildman–Crippen LogP) is 4.00. The van der Waals surface area contributed by atoms with Crippen molar-refractivity contribution in [3.63, 3.8) is 0 Å².